The number of hydrogen-bond donors (Lipinski definition) is 1. The number of aryl methyl sites for hydroxylation is 1. The van der Waals surface area contributed by atoms with Crippen LogP contribution in [0.15, 0.2) is 17.4 Å². The maximum Gasteiger partial charge on any atom is 0.193 e. The van der Waals surface area contributed by atoms with Crippen LogP contribution in [-0.4, -0.2) is 67.6 Å². The van der Waals surface area contributed by atoms with Crippen LogP contribution >= 0.6 is 0 Å². The van der Waals surface area contributed by atoms with Gasteiger partial charge in [0.05, 0.1) is 19.3 Å². The van der Waals surface area contributed by atoms with Crippen molar-refractivity contribution in [2.75, 3.05) is 47.0 Å². The standard InChI is InChI=1S/C16H29N5O2/c1-17-16(18-7-5-4-6-9-22-3)21-8-10-23-15(13-21)14-11-19-20(2)12-14/h11-12,15H,4-10,13H2,1-3H3,(H,17,18). The number of ether oxygens (including phenoxy) is 2. The van der Waals surface area contributed by atoms with Gasteiger partial charge in [-0.2, -0.15) is 5.10 Å². The highest BCUT2D eigenvalue weighted by atomic mass is 16.5. The number of aromatic nitrogens is 2. The summed E-state index contributed by atoms with van der Waals surface area (Å²) in [4.78, 5) is 6.67. The van der Waals surface area contributed by atoms with E-state index < -0.39 is 0 Å². The number of methoxy groups -OCH3 is 1. The van der Waals surface area contributed by atoms with Crippen LogP contribution in [0, 0.1) is 0 Å². The van der Waals surface area contributed by atoms with Crippen molar-refractivity contribution in [1.82, 2.24) is 20.0 Å². The second kappa shape index (κ2) is 9.52. The molecule has 130 valence electrons. The van der Waals surface area contributed by atoms with Crippen LogP contribution < -0.4 is 5.32 Å². The third kappa shape index (κ3) is 5.51. The summed E-state index contributed by atoms with van der Waals surface area (Å²) in [6.07, 6.45) is 7.34. The molecular formula is C16H29N5O2. The molecule has 2 heterocycles. The fourth-order valence-electron chi connectivity index (χ4n) is 2.73. The maximum absolute atomic E-state index is 5.88. The number of morpholine rings is 1. The molecule has 7 nitrogen and oxygen atoms in total. The molecule has 7 heteroatoms. The molecule has 0 aromatic carbocycles. The number of nitrogens with zero attached hydrogens (tertiary/aromatic N) is 4. The minimum absolute atomic E-state index is 0.0534. The van der Waals surface area contributed by atoms with Gasteiger partial charge in [0.15, 0.2) is 5.96 Å². The van der Waals surface area contributed by atoms with E-state index in [1.54, 1.807) is 7.11 Å². The van der Waals surface area contributed by atoms with Crippen molar-refractivity contribution in [2.24, 2.45) is 12.0 Å². The molecule has 1 fully saturated rings. The molecule has 1 atom stereocenters. The summed E-state index contributed by atoms with van der Waals surface area (Å²) < 4.78 is 12.8. The lowest BCUT2D eigenvalue weighted by molar-refractivity contribution is -0.00802. The fourth-order valence-corrected chi connectivity index (χ4v) is 2.73. The number of nitrogens with one attached hydrogen (secondary N) is 1. The number of rotatable bonds is 7. The molecule has 1 aromatic rings. The Morgan fingerprint density at radius 3 is 3.04 bits per heavy atom. The first-order valence-corrected chi connectivity index (χ1v) is 8.29. The van der Waals surface area contributed by atoms with E-state index in [1.165, 1.54) is 6.42 Å². The van der Waals surface area contributed by atoms with E-state index >= 15 is 0 Å². The van der Waals surface area contributed by atoms with Crippen LogP contribution in [0.3, 0.4) is 0 Å². The van der Waals surface area contributed by atoms with E-state index in [-0.39, 0.29) is 6.10 Å². The number of hydrogen-bond acceptors (Lipinski definition) is 4. The van der Waals surface area contributed by atoms with E-state index in [0.29, 0.717) is 6.61 Å². The zero-order valence-electron chi connectivity index (χ0n) is 14.5. The van der Waals surface area contributed by atoms with Crippen molar-refractivity contribution in [3.05, 3.63) is 18.0 Å². The summed E-state index contributed by atoms with van der Waals surface area (Å²) in [6, 6.07) is 0. The van der Waals surface area contributed by atoms with Crippen LogP contribution in [0.25, 0.3) is 0 Å². The molecule has 0 aliphatic carbocycles. The largest absolute Gasteiger partial charge is 0.385 e. The zero-order chi connectivity index (χ0) is 16.5. The van der Waals surface area contributed by atoms with Gasteiger partial charge in [-0.1, -0.05) is 0 Å². The molecule has 0 spiro atoms. The highest BCUT2D eigenvalue weighted by Crippen LogP contribution is 2.21. The number of unbranched alkanes of at least 4 members (excludes halogenated alkanes) is 2. The molecule has 0 amide bonds. The monoisotopic (exact) mass is 323 g/mol. The fraction of sp³-hybridized carbons (Fsp3) is 0.750. The Hall–Kier alpha value is -1.60. The van der Waals surface area contributed by atoms with Gasteiger partial charge in [0.25, 0.3) is 0 Å². The van der Waals surface area contributed by atoms with Crippen LogP contribution in [0.2, 0.25) is 0 Å². The SMILES string of the molecule is CN=C(NCCCCCOC)N1CCOC(c2cnn(C)c2)C1. The quantitative estimate of drug-likeness (QED) is 0.464. The average molecular weight is 323 g/mol. The first kappa shape index (κ1) is 17.7. The van der Waals surface area contributed by atoms with E-state index in [2.05, 4.69) is 20.3 Å². The minimum Gasteiger partial charge on any atom is -0.385 e. The first-order valence-electron chi connectivity index (χ1n) is 8.29. The van der Waals surface area contributed by atoms with Crippen LogP contribution in [0.5, 0.6) is 0 Å². The maximum atomic E-state index is 5.88. The molecule has 1 aliphatic heterocycles. The molecule has 23 heavy (non-hydrogen) atoms. The third-order valence-corrected chi connectivity index (χ3v) is 3.98. The normalized spacial score (nSPS) is 19.2. The Labute approximate surface area is 138 Å². The second-order valence-corrected chi connectivity index (χ2v) is 5.78. The van der Waals surface area contributed by atoms with Gasteiger partial charge >= 0.3 is 0 Å². The predicted octanol–water partition coefficient (Wildman–Crippen LogP) is 1.19. The molecule has 1 unspecified atom stereocenters. The molecule has 1 aromatic heterocycles. The van der Waals surface area contributed by atoms with Crippen molar-refractivity contribution in [1.29, 1.82) is 0 Å². The summed E-state index contributed by atoms with van der Waals surface area (Å²) in [5.41, 5.74) is 1.12. The molecule has 1 aliphatic rings. The van der Waals surface area contributed by atoms with Gasteiger partial charge in [-0.3, -0.25) is 9.67 Å². The minimum atomic E-state index is 0.0534. The summed E-state index contributed by atoms with van der Waals surface area (Å²) in [7, 11) is 5.51. The van der Waals surface area contributed by atoms with Crippen molar-refractivity contribution in [3.63, 3.8) is 0 Å². The lowest BCUT2D eigenvalue weighted by Gasteiger charge is -2.34. The molecule has 0 radical (unpaired) electrons. The highest BCUT2D eigenvalue weighted by Gasteiger charge is 2.24. The lowest BCUT2D eigenvalue weighted by atomic mass is 10.1. The Morgan fingerprint density at radius 2 is 2.35 bits per heavy atom. The van der Waals surface area contributed by atoms with E-state index in [4.69, 9.17) is 9.47 Å². The zero-order valence-corrected chi connectivity index (χ0v) is 14.5. The topological polar surface area (TPSA) is 63.9 Å². The van der Waals surface area contributed by atoms with Gasteiger partial charge in [0.2, 0.25) is 0 Å². The van der Waals surface area contributed by atoms with Gasteiger partial charge in [0.1, 0.15) is 6.10 Å². The molecular weight excluding hydrogens is 294 g/mol. The smallest absolute Gasteiger partial charge is 0.193 e. The van der Waals surface area contributed by atoms with Crippen molar-refractivity contribution in [2.45, 2.75) is 25.4 Å². The Kier molecular flexibility index (Phi) is 7.35. The second-order valence-electron chi connectivity index (χ2n) is 5.78. The molecule has 1 N–H and O–H groups in total. The van der Waals surface area contributed by atoms with E-state index in [0.717, 1.165) is 50.6 Å². The predicted molar refractivity (Wildman–Crippen MR) is 90.6 cm³/mol. The van der Waals surface area contributed by atoms with Crippen LogP contribution in [0.1, 0.15) is 30.9 Å². The molecule has 0 saturated carbocycles. The summed E-state index contributed by atoms with van der Waals surface area (Å²) in [5, 5.41) is 7.68. The van der Waals surface area contributed by atoms with Gasteiger partial charge in [-0.15, -0.1) is 0 Å². The van der Waals surface area contributed by atoms with Crippen molar-refractivity contribution in [3.8, 4) is 0 Å². The molecule has 0 bridgehead atoms. The Morgan fingerprint density at radius 1 is 1.48 bits per heavy atom. The molecule has 2 rings (SSSR count). The molecule has 1 saturated heterocycles. The van der Waals surface area contributed by atoms with E-state index in [1.807, 2.05) is 31.2 Å². The summed E-state index contributed by atoms with van der Waals surface area (Å²) in [5.74, 6) is 0.953. The summed E-state index contributed by atoms with van der Waals surface area (Å²) >= 11 is 0. The van der Waals surface area contributed by atoms with Crippen LogP contribution in [0.4, 0.5) is 0 Å². The average Bonchev–Trinajstić information content (AvgIpc) is 3.01. The first-order chi connectivity index (χ1) is 11.2. The van der Waals surface area contributed by atoms with Gasteiger partial charge in [-0.25, -0.2) is 0 Å². The van der Waals surface area contributed by atoms with Gasteiger partial charge < -0.3 is 19.7 Å². The van der Waals surface area contributed by atoms with E-state index in [9.17, 15) is 0 Å². The van der Waals surface area contributed by atoms with Crippen molar-refractivity contribution >= 4 is 5.96 Å². The van der Waals surface area contributed by atoms with Gasteiger partial charge in [-0.05, 0) is 19.3 Å². The highest BCUT2D eigenvalue weighted by molar-refractivity contribution is 5.80. The Bertz CT molecular complexity index is 489. The summed E-state index contributed by atoms with van der Waals surface area (Å²) in [6.45, 7) is 4.14. The number of aliphatic imine (C=N–C) groups is 1. The Balaban J connectivity index is 1.79. The van der Waals surface area contributed by atoms with Crippen molar-refractivity contribution < 1.29 is 9.47 Å². The van der Waals surface area contributed by atoms with Gasteiger partial charge in [0, 0.05) is 52.7 Å². The number of guanidine groups is 1. The third-order valence-electron chi connectivity index (χ3n) is 3.98. The lowest BCUT2D eigenvalue weighted by Crippen LogP contribution is -2.48. The van der Waals surface area contributed by atoms with Crippen LogP contribution in [-0.2, 0) is 16.5 Å².